The summed E-state index contributed by atoms with van der Waals surface area (Å²) in [4.78, 5) is 34.1. The molecule has 2 spiro atoms. The Morgan fingerprint density at radius 1 is 1.25 bits per heavy atom. The van der Waals surface area contributed by atoms with E-state index in [9.17, 15) is 9.59 Å². The first-order valence-corrected chi connectivity index (χ1v) is 10.6. The Morgan fingerprint density at radius 2 is 2.04 bits per heavy atom. The minimum atomic E-state index is -0.894. The highest BCUT2D eigenvalue weighted by molar-refractivity contribution is 5.99. The van der Waals surface area contributed by atoms with Gasteiger partial charge in [0.05, 0.1) is 11.8 Å². The molecule has 7 atom stereocenters. The molecule has 0 aromatic rings. The lowest BCUT2D eigenvalue weighted by molar-refractivity contribution is -0.150. The van der Waals surface area contributed by atoms with Gasteiger partial charge < -0.3 is 14.3 Å². The van der Waals surface area contributed by atoms with Gasteiger partial charge in [-0.25, -0.2) is 9.69 Å². The lowest BCUT2D eigenvalue weighted by Gasteiger charge is -2.52. The molecule has 152 valence electrons. The second kappa shape index (κ2) is 4.74. The first-order valence-electron chi connectivity index (χ1n) is 10.6. The van der Waals surface area contributed by atoms with Gasteiger partial charge in [0.1, 0.15) is 11.7 Å². The zero-order valence-electron chi connectivity index (χ0n) is 17.0. The van der Waals surface area contributed by atoms with Crippen molar-refractivity contribution in [1.29, 1.82) is 0 Å². The molecule has 2 amide bonds. The van der Waals surface area contributed by atoms with E-state index in [2.05, 4.69) is 12.1 Å². The molecule has 2 aliphatic carbocycles. The topological polar surface area (TPSA) is 77.4 Å². The van der Waals surface area contributed by atoms with E-state index >= 15 is 0 Å². The fourth-order valence-corrected chi connectivity index (χ4v) is 7.94. The van der Waals surface area contributed by atoms with Crippen LogP contribution in [-0.2, 0) is 19.1 Å². The molecule has 6 aliphatic rings. The maximum atomic E-state index is 13.7. The van der Waals surface area contributed by atoms with E-state index in [0.29, 0.717) is 12.8 Å². The quantitative estimate of drug-likeness (QED) is 0.637. The number of nitrogens with zero attached hydrogens (tertiary/aromatic N) is 2. The van der Waals surface area contributed by atoms with Crippen molar-refractivity contribution in [2.24, 2.45) is 27.8 Å². The van der Waals surface area contributed by atoms with Gasteiger partial charge >= 0.3 is 6.09 Å². The zero-order valence-corrected chi connectivity index (χ0v) is 17.0. The maximum Gasteiger partial charge on any atom is 0.419 e. The van der Waals surface area contributed by atoms with Gasteiger partial charge in [-0.05, 0) is 59.3 Å². The predicted octanol–water partition coefficient (Wildman–Crippen LogP) is 3.22. The normalized spacial score (nSPS) is 50.2. The number of likely N-dealkylation sites (tertiary alicyclic amines) is 1. The van der Waals surface area contributed by atoms with Crippen LogP contribution in [0.1, 0.15) is 66.2 Å². The summed E-state index contributed by atoms with van der Waals surface area (Å²) < 4.78 is 12.4. The number of hydrogen-bond donors (Lipinski definition) is 0. The predicted molar refractivity (Wildman–Crippen MR) is 98.2 cm³/mol. The van der Waals surface area contributed by atoms with Crippen molar-refractivity contribution in [3.63, 3.8) is 0 Å². The van der Waals surface area contributed by atoms with E-state index in [0.717, 1.165) is 31.4 Å². The van der Waals surface area contributed by atoms with Gasteiger partial charge in [-0.3, -0.25) is 4.79 Å². The number of carbonyl (C=O) groups is 2. The smallest absolute Gasteiger partial charge is 0.419 e. The van der Waals surface area contributed by atoms with Gasteiger partial charge in [0.15, 0.2) is 5.72 Å². The fraction of sp³-hybridized carbons (Fsp3) is 0.857. The van der Waals surface area contributed by atoms with E-state index in [-0.39, 0.29) is 35.4 Å². The molecule has 4 heterocycles. The van der Waals surface area contributed by atoms with Crippen LogP contribution in [0.15, 0.2) is 5.16 Å². The summed E-state index contributed by atoms with van der Waals surface area (Å²) in [6, 6.07) is 0. The van der Waals surface area contributed by atoms with Crippen LogP contribution in [0.3, 0.4) is 0 Å². The molecule has 0 radical (unpaired) electrons. The molecule has 0 aromatic heterocycles. The lowest BCUT2D eigenvalue weighted by atomic mass is 9.48. The maximum absolute atomic E-state index is 13.7. The number of amides is 2. The second-order valence-corrected chi connectivity index (χ2v) is 10.7. The number of oxime groups is 1. The van der Waals surface area contributed by atoms with Crippen molar-refractivity contribution in [3.05, 3.63) is 0 Å². The van der Waals surface area contributed by atoms with Crippen molar-refractivity contribution < 1.29 is 23.9 Å². The Balaban J connectivity index is 1.53. The number of imide groups is 1. The highest BCUT2D eigenvalue weighted by Gasteiger charge is 2.87. The molecular weight excluding hydrogens is 360 g/mol. The molecule has 28 heavy (non-hydrogen) atoms. The van der Waals surface area contributed by atoms with Crippen molar-refractivity contribution in [3.8, 4) is 0 Å². The molecule has 7 heteroatoms. The number of carbonyl (C=O) groups excluding carboxylic acids is 2. The third-order valence-corrected chi connectivity index (χ3v) is 8.71. The van der Waals surface area contributed by atoms with Crippen LogP contribution >= 0.6 is 0 Å². The van der Waals surface area contributed by atoms with Crippen LogP contribution in [0.4, 0.5) is 4.79 Å². The Hall–Kier alpha value is -1.63. The van der Waals surface area contributed by atoms with E-state index in [1.807, 2.05) is 20.8 Å². The number of fused-ring (bicyclic) bond motifs is 1. The SMILES string of the molecule is CC(C)(C)OC(=O)N1C(=O)[C@@H]2CC[C@@H]3ON=C4CCC5(C6CC[C@]1(O6)[C@@]25C)[C@@H]43. The Bertz CT molecular complexity index is 833. The third-order valence-electron chi connectivity index (χ3n) is 8.71. The number of ether oxygens (including phenoxy) is 2. The van der Waals surface area contributed by atoms with Gasteiger partial charge in [0.2, 0.25) is 5.91 Å². The van der Waals surface area contributed by atoms with Crippen LogP contribution in [0.25, 0.3) is 0 Å². The van der Waals surface area contributed by atoms with Crippen LogP contribution in [-0.4, -0.2) is 46.1 Å². The average molecular weight is 388 g/mol. The summed E-state index contributed by atoms with van der Waals surface area (Å²) >= 11 is 0. The number of hydrogen-bond acceptors (Lipinski definition) is 6. The van der Waals surface area contributed by atoms with Gasteiger partial charge in [-0.1, -0.05) is 12.1 Å². The van der Waals surface area contributed by atoms with Gasteiger partial charge in [0.25, 0.3) is 0 Å². The van der Waals surface area contributed by atoms with Crippen LogP contribution in [0.2, 0.25) is 0 Å². The summed E-state index contributed by atoms with van der Waals surface area (Å²) in [5.74, 6) is -0.151. The van der Waals surface area contributed by atoms with Crippen molar-refractivity contribution >= 4 is 17.7 Å². The monoisotopic (exact) mass is 388 g/mol. The van der Waals surface area contributed by atoms with E-state index < -0.39 is 22.8 Å². The highest BCUT2D eigenvalue weighted by atomic mass is 16.6. The van der Waals surface area contributed by atoms with Crippen LogP contribution < -0.4 is 0 Å². The molecule has 0 N–H and O–H groups in total. The molecule has 6 rings (SSSR count). The molecule has 5 fully saturated rings. The second-order valence-electron chi connectivity index (χ2n) is 10.7. The molecule has 0 aromatic carbocycles. The highest BCUT2D eigenvalue weighted by Crippen LogP contribution is 2.79. The Morgan fingerprint density at radius 3 is 2.79 bits per heavy atom. The largest absolute Gasteiger partial charge is 0.443 e. The Kier molecular flexibility index (Phi) is 2.92. The van der Waals surface area contributed by atoms with Crippen molar-refractivity contribution in [1.82, 2.24) is 4.90 Å². The summed E-state index contributed by atoms with van der Waals surface area (Å²) in [5, 5.41) is 4.41. The minimum Gasteiger partial charge on any atom is -0.443 e. The minimum absolute atomic E-state index is 0.0398. The van der Waals surface area contributed by atoms with E-state index in [4.69, 9.17) is 14.3 Å². The summed E-state index contributed by atoms with van der Waals surface area (Å²) in [5.41, 5.74) is -1.03. The van der Waals surface area contributed by atoms with Crippen molar-refractivity contribution in [2.75, 3.05) is 0 Å². The third kappa shape index (κ3) is 1.56. The average Bonchev–Trinajstić information content (AvgIpc) is 3.32. The zero-order chi connectivity index (χ0) is 19.7. The molecular formula is C21H28N2O5. The summed E-state index contributed by atoms with van der Waals surface area (Å²) in [7, 11) is 0. The lowest BCUT2D eigenvalue weighted by Crippen LogP contribution is -2.60. The van der Waals surface area contributed by atoms with Crippen molar-refractivity contribution in [2.45, 2.75) is 89.8 Å². The standard InChI is InChI=1S/C21H28N2O5/c1-18(2,3)27-17(25)23-16(24)11-5-6-13-15-12(22-28-13)7-9-20(15)14-8-10-21(23,26-14)19(11,20)4/h11,13-15H,5-10H2,1-4H3/t11-,13-,14?,15-,19-,20?,21-/m0/s1. The van der Waals surface area contributed by atoms with E-state index in [1.165, 1.54) is 4.90 Å². The van der Waals surface area contributed by atoms with Gasteiger partial charge in [-0.2, -0.15) is 0 Å². The van der Waals surface area contributed by atoms with Gasteiger partial charge in [-0.15, -0.1) is 0 Å². The molecule has 3 saturated heterocycles. The first-order chi connectivity index (χ1) is 13.2. The number of rotatable bonds is 0. The molecule has 2 bridgehead atoms. The van der Waals surface area contributed by atoms with E-state index in [1.54, 1.807) is 0 Å². The van der Waals surface area contributed by atoms with Crippen LogP contribution in [0, 0.1) is 22.7 Å². The molecule has 2 unspecified atom stereocenters. The molecule has 2 saturated carbocycles. The first kappa shape index (κ1) is 17.2. The van der Waals surface area contributed by atoms with Crippen LogP contribution in [0.5, 0.6) is 0 Å². The molecule has 7 nitrogen and oxygen atoms in total. The molecule has 4 aliphatic heterocycles. The summed E-state index contributed by atoms with van der Waals surface area (Å²) in [6.07, 6.45) is 4.46. The Labute approximate surface area is 164 Å². The van der Waals surface area contributed by atoms with Gasteiger partial charge in [0, 0.05) is 22.7 Å². The summed E-state index contributed by atoms with van der Waals surface area (Å²) in [6.45, 7) is 7.70. The fourth-order valence-electron chi connectivity index (χ4n) is 7.94.